The zero-order valence-electron chi connectivity index (χ0n) is 12.6. The normalized spacial score (nSPS) is 14.4. The van der Waals surface area contributed by atoms with Crippen LogP contribution in [-0.2, 0) is 17.6 Å². The van der Waals surface area contributed by atoms with Gasteiger partial charge in [-0.2, -0.15) is 5.26 Å². The van der Waals surface area contributed by atoms with Gasteiger partial charge in [-0.05, 0) is 36.8 Å². The molecule has 1 aliphatic carbocycles. The molecule has 0 bridgehead atoms. The number of nitriles is 1. The Morgan fingerprint density at radius 1 is 1.33 bits per heavy atom. The van der Waals surface area contributed by atoms with Crippen LogP contribution >= 0.6 is 0 Å². The number of rotatable bonds is 6. The van der Waals surface area contributed by atoms with Gasteiger partial charge in [0.05, 0.1) is 0 Å². The first kappa shape index (κ1) is 15.1. The number of carbonyl (C=O) groups is 1. The number of nitrogens with zero attached hydrogens (tertiary/aromatic N) is 1. The standard InChI is InChI=1S/C17H21N3O/c1-3-12-6-5-7-13(4-2)16(12)20-17(21)14(10-18)11-19-15-8-9-15/h5-7,11,15,19H,3-4,8-9H2,1-2H3,(H,20,21)/b14-11-. The molecule has 1 aromatic carbocycles. The molecule has 1 saturated carbocycles. The van der Waals surface area contributed by atoms with Crippen LogP contribution < -0.4 is 10.6 Å². The Morgan fingerprint density at radius 2 is 1.95 bits per heavy atom. The summed E-state index contributed by atoms with van der Waals surface area (Å²) in [7, 11) is 0. The van der Waals surface area contributed by atoms with Crippen LogP contribution in [0.5, 0.6) is 0 Å². The lowest BCUT2D eigenvalue weighted by Gasteiger charge is -2.14. The summed E-state index contributed by atoms with van der Waals surface area (Å²) < 4.78 is 0. The highest BCUT2D eigenvalue weighted by molar-refractivity contribution is 6.07. The molecule has 2 N–H and O–H groups in total. The van der Waals surface area contributed by atoms with E-state index in [1.165, 1.54) is 6.20 Å². The second-order valence-electron chi connectivity index (χ2n) is 5.22. The topological polar surface area (TPSA) is 64.9 Å². The molecular formula is C17H21N3O. The molecule has 4 nitrogen and oxygen atoms in total. The second-order valence-corrected chi connectivity index (χ2v) is 5.22. The van der Waals surface area contributed by atoms with Crippen LogP contribution in [0.2, 0.25) is 0 Å². The number of aryl methyl sites for hydroxylation is 2. The van der Waals surface area contributed by atoms with E-state index in [-0.39, 0.29) is 11.5 Å². The van der Waals surface area contributed by atoms with Crippen molar-refractivity contribution in [1.29, 1.82) is 5.26 Å². The third-order valence-corrected chi connectivity index (χ3v) is 3.64. The summed E-state index contributed by atoms with van der Waals surface area (Å²) in [5.41, 5.74) is 3.15. The van der Waals surface area contributed by atoms with Crippen LogP contribution in [0.25, 0.3) is 0 Å². The van der Waals surface area contributed by atoms with Gasteiger partial charge in [-0.1, -0.05) is 32.0 Å². The minimum absolute atomic E-state index is 0.120. The highest BCUT2D eigenvalue weighted by Gasteiger charge is 2.20. The molecule has 0 spiro atoms. The SMILES string of the molecule is CCc1cccc(CC)c1NC(=O)/C(C#N)=C\NC1CC1. The van der Waals surface area contributed by atoms with Crippen molar-refractivity contribution in [3.63, 3.8) is 0 Å². The van der Waals surface area contributed by atoms with Gasteiger partial charge >= 0.3 is 0 Å². The minimum atomic E-state index is -0.346. The van der Waals surface area contributed by atoms with Gasteiger partial charge in [0.25, 0.3) is 5.91 Å². The summed E-state index contributed by atoms with van der Waals surface area (Å²) >= 11 is 0. The number of carbonyl (C=O) groups excluding carboxylic acids is 1. The van der Waals surface area contributed by atoms with E-state index in [1.807, 2.05) is 24.3 Å². The Morgan fingerprint density at radius 3 is 2.43 bits per heavy atom. The Kier molecular flexibility index (Phi) is 4.99. The van der Waals surface area contributed by atoms with Crippen molar-refractivity contribution < 1.29 is 4.79 Å². The third-order valence-electron chi connectivity index (χ3n) is 3.64. The van der Waals surface area contributed by atoms with Gasteiger partial charge in [-0.15, -0.1) is 0 Å². The van der Waals surface area contributed by atoms with Crippen molar-refractivity contribution >= 4 is 11.6 Å². The lowest BCUT2D eigenvalue weighted by molar-refractivity contribution is -0.112. The second kappa shape index (κ2) is 6.94. The summed E-state index contributed by atoms with van der Waals surface area (Å²) in [6.45, 7) is 4.11. The Bertz CT molecular complexity index is 572. The van der Waals surface area contributed by atoms with Crippen LogP contribution in [0.3, 0.4) is 0 Å². The lowest BCUT2D eigenvalue weighted by atomic mass is 10.0. The summed E-state index contributed by atoms with van der Waals surface area (Å²) in [5, 5.41) is 15.1. The van der Waals surface area contributed by atoms with E-state index >= 15 is 0 Å². The molecule has 1 aromatic rings. The monoisotopic (exact) mass is 283 g/mol. The molecule has 1 amide bonds. The van der Waals surface area contributed by atoms with E-state index in [1.54, 1.807) is 0 Å². The lowest BCUT2D eigenvalue weighted by Crippen LogP contribution is -2.19. The highest BCUT2D eigenvalue weighted by atomic mass is 16.1. The first-order valence-electron chi connectivity index (χ1n) is 7.48. The van der Waals surface area contributed by atoms with Crippen molar-refractivity contribution in [3.8, 4) is 6.07 Å². The highest BCUT2D eigenvalue weighted by Crippen LogP contribution is 2.23. The summed E-state index contributed by atoms with van der Waals surface area (Å²) in [4.78, 5) is 12.3. The van der Waals surface area contributed by atoms with Gasteiger partial charge < -0.3 is 10.6 Å². The Hall–Kier alpha value is -2.28. The number of hydrogen-bond donors (Lipinski definition) is 2. The minimum Gasteiger partial charge on any atom is -0.387 e. The molecule has 0 aliphatic heterocycles. The predicted molar refractivity (Wildman–Crippen MR) is 83.7 cm³/mol. The van der Waals surface area contributed by atoms with Gasteiger partial charge in [-0.3, -0.25) is 4.79 Å². The average molecular weight is 283 g/mol. The molecule has 0 unspecified atom stereocenters. The van der Waals surface area contributed by atoms with Crippen molar-refractivity contribution in [2.75, 3.05) is 5.32 Å². The zero-order chi connectivity index (χ0) is 15.2. The van der Waals surface area contributed by atoms with E-state index in [0.717, 1.165) is 42.5 Å². The van der Waals surface area contributed by atoms with E-state index < -0.39 is 0 Å². The molecule has 0 atom stereocenters. The van der Waals surface area contributed by atoms with Gasteiger partial charge in [-0.25, -0.2) is 0 Å². The first-order valence-corrected chi connectivity index (χ1v) is 7.48. The summed E-state index contributed by atoms with van der Waals surface area (Å²) in [6.07, 6.45) is 5.43. The molecule has 21 heavy (non-hydrogen) atoms. The summed E-state index contributed by atoms with van der Waals surface area (Å²) in [5.74, 6) is -0.346. The fourth-order valence-corrected chi connectivity index (χ4v) is 2.18. The van der Waals surface area contributed by atoms with Crippen molar-refractivity contribution in [2.24, 2.45) is 0 Å². The maximum absolute atomic E-state index is 12.3. The van der Waals surface area contributed by atoms with Crippen LogP contribution in [0.15, 0.2) is 30.0 Å². The van der Waals surface area contributed by atoms with Crippen molar-refractivity contribution in [2.45, 2.75) is 45.6 Å². The van der Waals surface area contributed by atoms with Crippen LogP contribution in [0.4, 0.5) is 5.69 Å². The van der Waals surface area contributed by atoms with E-state index in [0.29, 0.717) is 6.04 Å². The fraction of sp³-hybridized carbons (Fsp3) is 0.412. The number of anilines is 1. The number of para-hydroxylation sites is 1. The van der Waals surface area contributed by atoms with Crippen LogP contribution in [-0.4, -0.2) is 11.9 Å². The maximum atomic E-state index is 12.3. The molecule has 1 fully saturated rings. The fourth-order valence-electron chi connectivity index (χ4n) is 2.18. The number of benzene rings is 1. The first-order chi connectivity index (χ1) is 10.2. The molecule has 1 aliphatic rings. The van der Waals surface area contributed by atoms with E-state index in [2.05, 4.69) is 24.5 Å². The van der Waals surface area contributed by atoms with Gasteiger partial charge in [0, 0.05) is 17.9 Å². The molecule has 110 valence electrons. The smallest absolute Gasteiger partial charge is 0.267 e. The zero-order valence-corrected chi connectivity index (χ0v) is 12.6. The maximum Gasteiger partial charge on any atom is 0.267 e. The Labute approximate surface area is 125 Å². The van der Waals surface area contributed by atoms with Crippen LogP contribution in [0.1, 0.15) is 37.8 Å². The third kappa shape index (κ3) is 3.85. The van der Waals surface area contributed by atoms with Gasteiger partial charge in [0.2, 0.25) is 0 Å². The average Bonchev–Trinajstić information content (AvgIpc) is 3.32. The molecular weight excluding hydrogens is 262 g/mol. The molecule has 0 aromatic heterocycles. The summed E-state index contributed by atoms with van der Waals surface area (Å²) in [6, 6.07) is 8.41. The van der Waals surface area contributed by atoms with E-state index in [9.17, 15) is 4.79 Å². The van der Waals surface area contributed by atoms with Crippen molar-refractivity contribution in [1.82, 2.24) is 5.32 Å². The number of hydrogen-bond acceptors (Lipinski definition) is 3. The molecule has 0 heterocycles. The van der Waals surface area contributed by atoms with Gasteiger partial charge in [0.1, 0.15) is 11.6 Å². The molecule has 4 heteroatoms. The van der Waals surface area contributed by atoms with Crippen molar-refractivity contribution in [3.05, 3.63) is 41.1 Å². The largest absolute Gasteiger partial charge is 0.387 e. The number of amides is 1. The molecule has 0 radical (unpaired) electrons. The number of nitrogens with one attached hydrogen (secondary N) is 2. The molecule has 2 rings (SSSR count). The Balaban J connectivity index is 2.17. The van der Waals surface area contributed by atoms with Crippen LogP contribution in [0, 0.1) is 11.3 Å². The van der Waals surface area contributed by atoms with Gasteiger partial charge in [0.15, 0.2) is 0 Å². The van der Waals surface area contributed by atoms with E-state index in [4.69, 9.17) is 5.26 Å². The predicted octanol–water partition coefficient (Wildman–Crippen LogP) is 2.91. The molecule has 0 saturated heterocycles. The quantitative estimate of drug-likeness (QED) is 0.623.